The third-order valence-electron chi connectivity index (χ3n) is 5.73. The second-order valence-electron chi connectivity index (χ2n) is 8.28. The first kappa shape index (κ1) is 27.6. The number of nitrogens with two attached hydrogens (primary N) is 2. The number of amidine groups is 1. The molecule has 3 rings (SSSR count). The van der Waals surface area contributed by atoms with Crippen molar-refractivity contribution in [2.24, 2.45) is 11.5 Å². The van der Waals surface area contributed by atoms with Crippen LogP contribution in [-0.2, 0) is 37.3 Å². The molecule has 0 aliphatic heterocycles. The Labute approximate surface area is 215 Å². The van der Waals surface area contributed by atoms with E-state index in [0.717, 1.165) is 6.07 Å². The van der Waals surface area contributed by atoms with Crippen LogP contribution in [0.2, 0.25) is 0 Å². The van der Waals surface area contributed by atoms with E-state index in [9.17, 15) is 13.2 Å². The summed E-state index contributed by atoms with van der Waals surface area (Å²) in [5, 5.41) is 7.77. The Morgan fingerprint density at radius 3 is 2.35 bits per heavy atom. The molecule has 1 atom stereocenters. The van der Waals surface area contributed by atoms with E-state index in [1.165, 1.54) is 37.4 Å². The number of amides is 1. The van der Waals surface area contributed by atoms with Crippen LogP contribution >= 0.6 is 0 Å². The van der Waals surface area contributed by atoms with Crippen LogP contribution in [0.25, 0.3) is 0 Å². The molecule has 0 aliphatic carbocycles. The summed E-state index contributed by atoms with van der Waals surface area (Å²) in [4.78, 5) is 12.8. The first-order valence-electron chi connectivity index (χ1n) is 11.3. The van der Waals surface area contributed by atoms with Crippen LogP contribution in [-0.4, -0.2) is 33.9 Å². The van der Waals surface area contributed by atoms with Crippen molar-refractivity contribution in [1.29, 1.82) is 5.41 Å². The van der Waals surface area contributed by atoms with E-state index in [2.05, 4.69) is 4.72 Å². The summed E-state index contributed by atoms with van der Waals surface area (Å²) < 4.78 is 54.6. The number of primary amides is 1. The highest BCUT2D eigenvalue weighted by Gasteiger charge is 2.43. The van der Waals surface area contributed by atoms with Gasteiger partial charge in [-0.05, 0) is 36.2 Å². The Morgan fingerprint density at radius 1 is 1.08 bits per heavy atom. The molecule has 6 N–H and O–H groups in total. The largest absolute Gasteiger partial charge is 0.497 e. The van der Waals surface area contributed by atoms with Gasteiger partial charge in [0.05, 0.1) is 18.6 Å². The SMILES string of the molecule is CCOC(Cc1ccc(C(=N)N)cc1NS(=O)(=O)Cc1ccccc1)(C(N)=O)c1ccc(OC)cc1F. The molecular formula is C26H29FN4O5S. The fraction of sp³-hybridized carbons (Fsp3) is 0.231. The van der Waals surface area contributed by atoms with Crippen LogP contribution < -0.4 is 20.9 Å². The molecule has 3 aromatic rings. The second-order valence-corrected chi connectivity index (χ2v) is 10.0. The Hall–Kier alpha value is -3.96. The molecule has 0 saturated heterocycles. The zero-order chi connectivity index (χ0) is 27.2. The molecule has 0 radical (unpaired) electrons. The molecular weight excluding hydrogens is 499 g/mol. The molecule has 0 bridgehead atoms. The zero-order valence-corrected chi connectivity index (χ0v) is 21.3. The van der Waals surface area contributed by atoms with Gasteiger partial charge in [0.25, 0.3) is 5.91 Å². The number of rotatable bonds is 12. The number of nitrogens with one attached hydrogen (secondary N) is 2. The highest BCUT2D eigenvalue weighted by Crippen LogP contribution is 2.36. The fourth-order valence-corrected chi connectivity index (χ4v) is 5.20. The van der Waals surface area contributed by atoms with Gasteiger partial charge in [-0.1, -0.05) is 42.5 Å². The Balaban J connectivity index is 2.11. The molecule has 0 saturated carbocycles. The maximum atomic E-state index is 15.2. The Bertz CT molecular complexity index is 1400. The molecule has 0 heterocycles. The Morgan fingerprint density at radius 2 is 1.78 bits per heavy atom. The summed E-state index contributed by atoms with van der Waals surface area (Å²) in [5.41, 5.74) is 10.5. The van der Waals surface area contributed by atoms with E-state index in [1.54, 1.807) is 37.3 Å². The van der Waals surface area contributed by atoms with Crippen LogP contribution in [0.3, 0.4) is 0 Å². The number of methoxy groups -OCH3 is 1. The molecule has 37 heavy (non-hydrogen) atoms. The fourth-order valence-electron chi connectivity index (χ4n) is 3.97. The predicted octanol–water partition coefficient (Wildman–Crippen LogP) is 3.02. The van der Waals surface area contributed by atoms with Crippen LogP contribution in [0.1, 0.15) is 29.2 Å². The van der Waals surface area contributed by atoms with Gasteiger partial charge in [0.1, 0.15) is 17.4 Å². The second kappa shape index (κ2) is 11.4. The summed E-state index contributed by atoms with van der Waals surface area (Å²) >= 11 is 0. The average Bonchev–Trinajstić information content (AvgIpc) is 2.84. The topological polar surface area (TPSA) is 158 Å². The minimum atomic E-state index is -3.93. The van der Waals surface area contributed by atoms with Gasteiger partial charge in [-0.3, -0.25) is 14.9 Å². The number of anilines is 1. The maximum absolute atomic E-state index is 15.2. The number of hydrogen-bond acceptors (Lipinski definition) is 6. The van der Waals surface area contributed by atoms with E-state index in [0.29, 0.717) is 5.56 Å². The van der Waals surface area contributed by atoms with Crippen LogP contribution in [0.5, 0.6) is 5.75 Å². The van der Waals surface area contributed by atoms with Gasteiger partial charge in [0, 0.05) is 30.2 Å². The van der Waals surface area contributed by atoms with Crippen LogP contribution in [0.4, 0.5) is 10.1 Å². The predicted molar refractivity (Wildman–Crippen MR) is 139 cm³/mol. The molecule has 0 aromatic heterocycles. The minimum absolute atomic E-state index is 0.00893. The van der Waals surface area contributed by atoms with Gasteiger partial charge in [-0.25, -0.2) is 12.8 Å². The van der Waals surface area contributed by atoms with E-state index in [4.69, 9.17) is 26.4 Å². The lowest BCUT2D eigenvalue weighted by atomic mass is 9.84. The number of benzene rings is 3. The van der Waals surface area contributed by atoms with E-state index >= 15 is 4.39 Å². The van der Waals surface area contributed by atoms with Gasteiger partial charge >= 0.3 is 0 Å². The van der Waals surface area contributed by atoms with Gasteiger partial charge in [0.2, 0.25) is 10.0 Å². The molecule has 9 nitrogen and oxygen atoms in total. The van der Waals surface area contributed by atoms with Gasteiger partial charge in [-0.2, -0.15) is 0 Å². The summed E-state index contributed by atoms with van der Waals surface area (Å²) in [5.74, 6) is -2.12. The van der Waals surface area contributed by atoms with Crippen molar-refractivity contribution in [1.82, 2.24) is 0 Å². The van der Waals surface area contributed by atoms with Gasteiger partial charge in [-0.15, -0.1) is 0 Å². The molecule has 0 spiro atoms. The van der Waals surface area contributed by atoms with Crippen molar-refractivity contribution >= 4 is 27.5 Å². The number of carbonyl (C=O) groups is 1. The maximum Gasteiger partial charge on any atom is 0.254 e. The van der Waals surface area contributed by atoms with Crippen molar-refractivity contribution in [3.63, 3.8) is 0 Å². The van der Waals surface area contributed by atoms with Crippen molar-refractivity contribution in [2.75, 3.05) is 18.4 Å². The number of sulfonamides is 1. The lowest BCUT2D eigenvalue weighted by molar-refractivity contribution is -0.145. The average molecular weight is 529 g/mol. The standard InChI is InChI=1S/C26H29FN4O5S/c1-3-36-26(25(30)32,21-12-11-20(35-2)14-22(21)27)15-19-10-9-18(24(28)29)13-23(19)31-37(33,34)16-17-7-5-4-6-8-17/h4-14,31H,3,15-16H2,1-2H3,(H3,28,29)(H2,30,32). The number of nitrogen functional groups attached to an aromatic ring is 1. The molecule has 11 heteroatoms. The zero-order valence-electron chi connectivity index (χ0n) is 20.5. The highest BCUT2D eigenvalue weighted by molar-refractivity contribution is 7.91. The summed E-state index contributed by atoms with van der Waals surface area (Å²) in [7, 11) is -2.55. The monoisotopic (exact) mass is 528 g/mol. The smallest absolute Gasteiger partial charge is 0.254 e. The van der Waals surface area contributed by atoms with Gasteiger partial charge in [0.15, 0.2) is 5.60 Å². The number of ether oxygens (including phenoxy) is 2. The lowest BCUT2D eigenvalue weighted by Crippen LogP contribution is -2.46. The van der Waals surface area contributed by atoms with Crippen LogP contribution in [0, 0.1) is 11.2 Å². The molecule has 0 fully saturated rings. The van der Waals surface area contributed by atoms with Crippen molar-refractivity contribution in [3.05, 3.63) is 94.8 Å². The molecule has 3 aromatic carbocycles. The van der Waals surface area contributed by atoms with Gasteiger partial charge < -0.3 is 20.9 Å². The Kier molecular flexibility index (Phi) is 8.51. The number of hydrogen-bond donors (Lipinski definition) is 4. The molecule has 0 aliphatic rings. The molecule has 1 amide bonds. The van der Waals surface area contributed by atoms with Crippen LogP contribution in [0.15, 0.2) is 66.7 Å². The lowest BCUT2D eigenvalue weighted by Gasteiger charge is -2.32. The number of halogens is 1. The summed E-state index contributed by atoms with van der Waals surface area (Å²) in [6, 6.07) is 16.8. The minimum Gasteiger partial charge on any atom is -0.497 e. The van der Waals surface area contributed by atoms with E-state index in [-0.39, 0.29) is 52.7 Å². The first-order chi connectivity index (χ1) is 17.5. The van der Waals surface area contributed by atoms with Crippen molar-refractivity contribution < 1.29 is 27.1 Å². The first-order valence-corrected chi connectivity index (χ1v) is 13.0. The summed E-state index contributed by atoms with van der Waals surface area (Å²) in [6.07, 6.45) is -0.305. The molecule has 196 valence electrons. The van der Waals surface area contributed by atoms with Crippen molar-refractivity contribution in [3.8, 4) is 5.75 Å². The number of carbonyl (C=O) groups excluding carboxylic acids is 1. The molecule has 1 unspecified atom stereocenters. The van der Waals surface area contributed by atoms with E-state index < -0.39 is 27.3 Å². The quantitative estimate of drug-likeness (QED) is 0.209. The third kappa shape index (κ3) is 6.43. The van der Waals surface area contributed by atoms with Crippen molar-refractivity contribution in [2.45, 2.75) is 24.7 Å². The highest BCUT2D eigenvalue weighted by atomic mass is 32.2. The summed E-state index contributed by atoms with van der Waals surface area (Å²) in [6.45, 7) is 1.64. The third-order valence-corrected chi connectivity index (χ3v) is 6.97. The van der Waals surface area contributed by atoms with E-state index in [1.807, 2.05) is 0 Å². The normalized spacial score (nSPS) is 12.9.